The maximum absolute atomic E-state index is 13.6. The molecule has 1 aliphatic heterocycles. The number of hydrogen-bond acceptors (Lipinski definition) is 8. The van der Waals surface area contributed by atoms with Gasteiger partial charge in [-0.15, -0.1) is 0 Å². The average Bonchev–Trinajstić information content (AvgIpc) is 3.58. The Morgan fingerprint density at radius 3 is 2.23 bits per heavy atom. The van der Waals surface area contributed by atoms with Crippen molar-refractivity contribution in [3.63, 3.8) is 0 Å². The van der Waals surface area contributed by atoms with Gasteiger partial charge in [0.25, 0.3) is 0 Å². The molecule has 7 rings (SSSR count). The van der Waals surface area contributed by atoms with Crippen molar-refractivity contribution in [2.75, 3.05) is 39.0 Å². The maximum Gasteiger partial charge on any atom is 0.312 e. The topological polar surface area (TPSA) is 102 Å². The van der Waals surface area contributed by atoms with E-state index in [-0.39, 0.29) is 58.0 Å². The minimum atomic E-state index is -2.94. The predicted octanol–water partition coefficient (Wildman–Crippen LogP) is 10.2. The van der Waals surface area contributed by atoms with Gasteiger partial charge >= 0.3 is 11.9 Å². The van der Waals surface area contributed by atoms with Crippen molar-refractivity contribution in [2.24, 2.45) is 62.1 Å². The molecule has 0 radical (unpaired) electrons. The fourth-order valence-electron chi connectivity index (χ4n) is 15.7. The minimum absolute atomic E-state index is 0.00735. The molecular weight excluding hydrogens is 781 g/mol. The van der Waals surface area contributed by atoms with Crippen LogP contribution >= 0.6 is 0 Å². The molecule has 1 aromatic rings. The van der Waals surface area contributed by atoms with E-state index in [1.54, 1.807) is 13.8 Å². The van der Waals surface area contributed by atoms with Crippen LogP contribution in [0.2, 0.25) is 0 Å². The Bertz CT molecular complexity index is 1870. The van der Waals surface area contributed by atoms with Crippen molar-refractivity contribution in [2.45, 2.75) is 163 Å². The lowest BCUT2D eigenvalue weighted by molar-refractivity contribution is -0.250. The maximum atomic E-state index is 13.6. The van der Waals surface area contributed by atoms with Gasteiger partial charge in [0.15, 0.2) is 0 Å². The summed E-state index contributed by atoms with van der Waals surface area (Å²) in [5.41, 5.74) is 2.25. The summed E-state index contributed by atoms with van der Waals surface area (Å²) in [6.45, 7) is 28.3. The lowest BCUT2D eigenvalue weighted by Gasteiger charge is -2.73. The zero-order valence-corrected chi connectivity index (χ0v) is 40.4. The van der Waals surface area contributed by atoms with Crippen LogP contribution in [0.3, 0.4) is 0 Å². The summed E-state index contributed by atoms with van der Waals surface area (Å²) in [5, 5.41) is 3.69. The number of allylic oxidation sites excluding steroid dienone is 1. The van der Waals surface area contributed by atoms with E-state index in [0.29, 0.717) is 35.0 Å². The molecule has 0 aromatic heterocycles. The lowest BCUT2D eigenvalue weighted by atomic mass is 9.32. The molecule has 9 heteroatoms. The van der Waals surface area contributed by atoms with Crippen LogP contribution in [-0.4, -0.2) is 75.6 Å². The molecule has 8 nitrogen and oxygen atoms in total. The Labute approximate surface area is 370 Å². The molecule has 1 aromatic carbocycles. The number of fused-ring (bicyclic) bond motifs is 7. The number of esters is 2. The molecule has 5 aliphatic carbocycles. The van der Waals surface area contributed by atoms with E-state index in [2.05, 4.69) is 58.3 Å². The molecule has 61 heavy (non-hydrogen) atoms. The van der Waals surface area contributed by atoms with Crippen LogP contribution in [0.25, 0.3) is 0 Å². The fraction of sp³-hybridized carbons (Fsp3) is 0.808. The van der Waals surface area contributed by atoms with Crippen LogP contribution in [0, 0.1) is 62.1 Å². The number of carbonyl (C=O) groups is 2. The number of sulfone groups is 1. The number of likely N-dealkylation sites (tertiary alicyclic amines) is 1. The molecule has 10 atom stereocenters. The highest BCUT2D eigenvalue weighted by molar-refractivity contribution is 7.91. The van der Waals surface area contributed by atoms with Crippen LogP contribution in [0.15, 0.2) is 42.5 Å². The molecule has 0 spiro atoms. The highest BCUT2D eigenvalue weighted by atomic mass is 32.2. The molecular formula is C52H82N2O6S. The zero-order valence-electron chi connectivity index (χ0n) is 39.6. The van der Waals surface area contributed by atoms with Crippen molar-refractivity contribution in [3.05, 3.63) is 48.0 Å². The normalized spacial score (nSPS) is 37.7. The third kappa shape index (κ3) is 8.69. The van der Waals surface area contributed by atoms with Crippen LogP contribution < -0.4 is 5.32 Å². The molecule has 6 fully saturated rings. The highest BCUT2D eigenvalue weighted by Crippen LogP contribution is 2.78. The summed E-state index contributed by atoms with van der Waals surface area (Å²) >= 11 is 0. The molecule has 6 aliphatic rings. The standard InChI is InChI=1S/C52H82N2O6S/c1-36(2)39-18-25-52(28-29-53-30-33-54-31-21-38(22-32-54)61(10,57)58)27-26-50(8)40(45(39)52)16-17-42-49(7)23-20-43(48(5,6)41(49)19-24-51(42,50)9)60-44(55)34-47(3,4)46(56)59-35-37-14-12-11-13-15-37/h11-15,38-43,45,53H,1,16-35H2,2-10H3/t39-,40+,41-,42+,43-,45+,49-,50+,51+,52+/m0/s1. The van der Waals surface area contributed by atoms with Crippen LogP contribution in [0.5, 0.6) is 0 Å². The molecule has 1 saturated heterocycles. The quantitative estimate of drug-likeness (QED) is 0.112. The van der Waals surface area contributed by atoms with Crippen molar-refractivity contribution in [1.29, 1.82) is 0 Å². The summed E-state index contributed by atoms with van der Waals surface area (Å²) in [7, 11) is -2.94. The van der Waals surface area contributed by atoms with E-state index in [1.807, 2.05) is 30.3 Å². The number of ether oxygens (including phenoxy) is 2. The summed E-state index contributed by atoms with van der Waals surface area (Å²) < 4.78 is 36.2. The van der Waals surface area contributed by atoms with Gasteiger partial charge in [-0.2, -0.15) is 0 Å². The van der Waals surface area contributed by atoms with Gasteiger partial charge < -0.3 is 19.7 Å². The number of nitrogens with zero attached hydrogens (tertiary/aromatic N) is 1. The first-order chi connectivity index (χ1) is 28.6. The smallest absolute Gasteiger partial charge is 0.312 e. The largest absolute Gasteiger partial charge is 0.462 e. The second kappa shape index (κ2) is 17.3. The van der Waals surface area contributed by atoms with Crippen LogP contribution in [0.4, 0.5) is 0 Å². The van der Waals surface area contributed by atoms with Crippen molar-refractivity contribution in [3.8, 4) is 0 Å². The molecule has 1 heterocycles. The van der Waals surface area contributed by atoms with E-state index in [9.17, 15) is 18.0 Å². The van der Waals surface area contributed by atoms with E-state index < -0.39 is 15.3 Å². The Hall–Kier alpha value is -2.23. The molecule has 0 amide bonds. The number of piperidine rings is 1. The van der Waals surface area contributed by atoms with Gasteiger partial charge in [0.2, 0.25) is 0 Å². The molecule has 1 N–H and O–H groups in total. The predicted molar refractivity (Wildman–Crippen MR) is 245 cm³/mol. The number of nitrogens with one attached hydrogen (secondary N) is 1. The third-order valence-corrected chi connectivity index (χ3v) is 21.0. The lowest BCUT2D eigenvalue weighted by Crippen LogP contribution is -2.66. The first kappa shape index (κ1) is 46.8. The molecule has 0 bridgehead atoms. The summed E-state index contributed by atoms with van der Waals surface area (Å²) in [4.78, 5) is 29.2. The zero-order chi connectivity index (χ0) is 44.2. The van der Waals surface area contributed by atoms with E-state index in [4.69, 9.17) is 9.47 Å². The number of rotatable bonds is 14. The van der Waals surface area contributed by atoms with Crippen molar-refractivity contribution < 1.29 is 27.5 Å². The van der Waals surface area contributed by atoms with Crippen LogP contribution in [0.1, 0.15) is 151 Å². The minimum Gasteiger partial charge on any atom is -0.462 e. The summed E-state index contributed by atoms with van der Waals surface area (Å²) in [6.07, 6.45) is 16.2. The van der Waals surface area contributed by atoms with Crippen molar-refractivity contribution in [1.82, 2.24) is 10.2 Å². The summed E-state index contributed by atoms with van der Waals surface area (Å²) in [5.74, 6) is 2.42. The van der Waals surface area contributed by atoms with E-state index in [0.717, 1.165) is 64.0 Å². The second-order valence-electron chi connectivity index (χ2n) is 23.4. The third-order valence-electron chi connectivity index (χ3n) is 19.3. The van der Waals surface area contributed by atoms with E-state index in [1.165, 1.54) is 69.6 Å². The Morgan fingerprint density at radius 1 is 0.852 bits per heavy atom. The first-order valence-electron chi connectivity index (χ1n) is 24.3. The average molecular weight is 863 g/mol. The Balaban J connectivity index is 0.985. The molecule has 5 saturated carbocycles. The van der Waals surface area contributed by atoms with Gasteiger partial charge in [-0.05, 0) is 181 Å². The fourth-order valence-corrected chi connectivity index (χ4v) is 16.8. The Kier molecular flexibility index (Phi) is 13.3. The number of carbonyl (C=O) groups excluding carboxylic acids is 2. The van der Waals surface area contributed by atoms with Gasteiger partial charge in [-0.3, -0.25) is 9.59 Å². The molecule has 0 unspecified atom stereocenters. The second-order valence-corrected chi connectivity index (χ2v) is 25.7. The number of benzene rings is 1. The first-order valence-corrected chi connectivity index (χ1v) is 26.2. The SMILES string of the molecule is C=C(C)[C@@H]1CC[C@]2(CCNCCN3CCC(S(C)(=O)=O)CC3)CC[C@]3(C)[C@H](CC[C@@H]4[C@@]5(C)CC[C@H](OC(=O)CC(C)(C)C(=O)OCc6ccccc6)C(C)(C)[C@@H]5CC[C@]43C)[C@@H]12. The van der Waals surface area contributed by atoms with Gasteiger partial charge in [0.05, 0.1) is 17.1 Å². The monoisotopic (exact) mass is 863 g/mol. The van der Waals surface area contributed by atoms with E-state index >= 15 is 0 Å². The van der Waals surface area contributed by atoms with Crippen molar-refractivity contribution >= 4 is 21.8 Å². The van der Waals surface area contributed by atoms with Gasteiger partial charge in [-0.1, -0.05) is 77.1 Å². The number of hydrogen-bond donors (Lipinski definition) is 1. The highest BCUT2D eigenvalue weighted by Gasteiger charge is 2.71. The van der Waals surface area contributed by atoms with Gasteiger partial charge in [-0.25, -0.2) is 8.42 Å². The van der Waals surface area contributed by atoms with Gasteiger partial charge in [0.1, 0.15) is 22.5 Å². The van der Waals surface area contributed by atoms with Gasteiger partial charge in [0, 0.05) is 24.8 Å². The van der Waals surface area contributed by atoms with Crippen LogP contribution in [-0.2, 0) is 35.5 Å². The summed E-state index contributed by atoms with van der Waals surface area (Å²) in [6, 6.07) is 9.66. The Morgan fingerprint density at radius 2 is 1.56 bits per heavy atom. The molecule has 342 valence electrons.